The average molecular weight is 402 g/mol. The van der Waals surface area contributed by atoms with Gasteiger partial charge < -0.3 is 9.26 Å². The molecule has 1 aliphatic heterocycles. The van der Waals surface area contributed by atoms with Gasteiger partial charge in [0.2, 0.25) is 0 Å². The summed E-state index contributed by atoms with van der Waals surface area (Å²) in [5.41, 5.74) is 2.04. The second kappa shape index (κ2) is 7.11. The second-order valence-electron chi connectivity index (χ2n) is 6.82. The number of amides is 2. The van der Waals surface area contributed by atoms with Gasteiger partial charge in [0.15, 0.2) is 5.58 Å². The summed E-state index contributed by atoms with van der Waals surface area (Å²) >= 11 is 0. The van der Waals surface area contributed by atoms with Crippen molar-refractivity contribution in [2.75, 3.05) is 13.2 Å². The number of hydrogen-bond acceptors (Lipinski definition) is 5. The highest BCUT2D eigenvalue weighted by Gasteiger charge is 2.34. The van der Waals surface area contributed by atoms with Gasteiger partial charge in [0.25, 0.3) is 11.8 Å². The molecule has 0 radical (unpaired) electrons. The first-order valence-electron chi connectivity index (χ1n) is 9.36. The molecule has 0 atom stereocenters. The van der Waals surface area contributed by atoms with E-state index in [9.17, 15) is 14.0 Å². The van der Waals surface area contributed by atoms with Gasteiger partial charge in [-0.2, -0.15) is 0 Å². The molecule has 4 aromatic rings. The van der Waals surface area contributed by atoms with Crippen molar-refractivity contribution < 1.29 is 23.2 Å². The van der Waals surface area contributed by atoms with Crippen LogP contribution in [0.1, 0.15) is 20.7 Å². The number of ether oxygens (including phenoxy) is 1. The molecular weight excluding hydrogens is 387 g/mol. The summed E-state index contributed by atoms with van der Waals surface area (Å²) in [7, 11) is 0. The molecule has 1 aliphatic rings. The zero-order chi connectivity index (χ0) is 20.7. The maximum Gasteiger partial charge on any atom is 0.261 e. The Balaban J connectivity index is 1.30. The first-order valence-corrected chi connectivity index (χ1v) is 9.36. The molecule has 1 aromatic heterocycles. The molecule has 3 aromatic carbocycles. The van der Waals surface area contributed by atoms with Gasteiger partial charge in [0.05, 0.1) is 23.1 Å². The lowest BCUT2D eigenvalue weighted by atomic mass is 10.1. The zero-order valence-electron chi connectivity index (χ0n) is 15.7. The molecule has 30 heavy (non-hydrogen) atoms. The van der Waals surface area contributed by atoms with Crippen LogP contribution in [-0.4, -0.2) is 35.0 Å². The van der Waals surface area contributed by atoms with Crippen LogP contribution < -0.4 is 4.74 Å². The minimum atomic E-state index is -0.381. The molecule has 0 saturated heterocycles. The van der Waals surface area contributed by atoms with E-state index in [1.165, 1.54) is 11.0 Å². The van der Waals surface area contributed by atoms with E-state index < -0.39 is 0 Å². The highest BCUT2D eigenvalue weighted by Crippen LogP contribution is 2.31. The molecule has 6 nitrogen and oxygen atoms in total. The fourth-order valence-electron chi connectivity index (χ4n) is 3.55. The maximum atomic E-state index is 14.1. The van der Waals surface area contributed by atoms with E-state index in [0.717, 1.165) is 0 Å². The third-order valence-electron chi connectivity index (χ3n) is 5.03. The van der Waals surface area contributed by atoms with Crippen LogP contribution >= 0.6 is 0 Å². The van der Waals surface area contributed by atoms with Crippen molar-refractivity contribution in [3.63, 3.8) is 0 Å². The molecule has 0 saturated carbocycles. The van der Waals surface area contributed by atoms with Gasteiger partial charge in [0.1, 0.15) is 23.9 Å². The van der Waals surface area contributed by atoms with E-state index in [4.69, 9.17) is 9.26 Å². The Kier molecular flexibility index (Phi) is 4.28. The second-order valence-corrected chi connectivity index (χ2v) is 6.82. The van der Waals surface area contributed by atoms with Crippen molar-refractivity contribution in [1.29, 1.82) is 0 Å². The summed E-state index contributed by atoms with van der Waals surface area (Å²) in [5, 5.41) is 4.65. The number of benzene rings is 3. The summed E-state index contributed by atoms with van der Waals surface area (Å²) in [6.07, 6.45) is 0. The summed E-state index contributed by atoms with van der Waals surface area (Å²) in [6.45, 7) is 0.256. The molecule has 148 valence electrons. The van der Waals surface area contributed by atoms with Crippen LogP contribution in [0.4, 0.5) is 4.39 Å². The first kappa shape index (κ1) is 18.1. The van der Waals surface area contributed by atoms with Crippen LogP contribution in [-0.2, 0) is 0 Å². The Labute approximate surface area is 170 Å². The third kappa shape index (κ3) is 2.91. The molecule has 7 heteroatoms. The summed E-state index contributed by atoms with van der Waals surface area (Å²) in [6, 6.07) is 18.2. The van der Waals surface area contributed by atoms with E-state index in [-0.39, 0.29) is 30.8 Å². The lowest BCUT2D eigenvalue weighted by Gasteiger charge is -2.14. The maximum absolute atomic E-state index is 14.1. The number of nitrogens with zero attached hydrogens (tertiary/aromatic N) is 2. The Morgan fingerprint density at radius 1 is 0.900 bits per heavy atom. The molecule has 0 fully saturated rings. The van der Waals surface area contributed by atoms with Crippen molar-refractivity contribution in [2.45, 2.75) is 0 Å². The SMILES string of the molecule is O=C1c2ccccc2C(=O)N1CCOc1ccc2c(-c3ccccc3F)noc2c1. The molecule has 0 N–H and O–H groups in total. The number of hydrogen-bond donors (Lipinski definition) is 0. The van der Waals surface area contributed by atoms with Gasteiger partial charge in [-0.05, 0) is 36.4 Å². The topological polar surface area (TPSA) is 72.6 Å². The van der Waals surface area contributed by atoms with Crippen molar-refractivity contribution in [3.05, 3.63) is 83.7 Å². The smallest absolute Gasteiger partial charge is 0.261 e. The molecular formula is C23H15FN2O4. The van der Waals surface area contributed by atoms with Gasteiger partial charge in [-0.15, -0.1) is 0 Å². The van der Waals surface area contributed by atoms with Crippen LogP contribution in [0, 0.1) is 5.82 Å². The number of rotatable bonds is 5. The van der Waals surface area contributed by atoms with Crippen LogP contribution in [0.25, 0.3) is 22.2 Å². The Morgan fingerprint density at radius 2 is 1.57 bits per heavy atom. The fourth-order valence-corrected chi connectivity index (χ4v) is 3.55. The Bertz CT molecular complexity index is 1260. The van der Waals surface area contributed by atoms with Crippen LogP contribution in [0.3, 0.4) is 0 Å². The Hall–Kier alpha value is -4.00. The van der Waals surface area contributed by atoms with Crippen LogP contribution in [0.2, 0.25) is 0 Å². The van der Waals surface area contributed by atoms with Crippen molar-refractivity contribution in [2.24, 2.45) is 0 Å². The van der Waals surface area contributed by atoms with Crippen molar-refractivity contribution >= 4 is 22.8 Å². The number of fused-ring (bicyclic) bond motifs is 2. The zero-order valence-corrected chi connectivity index (χ0v) is 15.7. The van der Waals surface area contributed by atoms with Gasteiger partial charge >= 0.3 is 0 Å². The monoisotopic (exact) mass is 402 g/mol. The average Bonchev–Trinajstić information content (AvgIpc) is 3.29. The first-order chi connectivity index (χ1) is 14.6. The summed E-state index contributed by atoms with van der Waals surface area (Å²) < 4.78 is 25.1. The minimum Gasteiger partial charge on any atom is -0.492 e. The molecule has 2 amide bonds. The summed E-state index contributed by atoms with van der Waals surface area (Å²) in [5.74, 6) is -0.525. The molecule has 0 aliphatic carbocycles. The predicted octanol–water partition coefficient (Wildman–Crippen LogP) is 4.31. The third-order valence-corrected chi connectivity index (χ3v) is 5.03. The number of carbonyl (C=O) groups excluding carboxylic acids is 2. The number of halogens is 1. The van der Waals surface area contributed by atoms with E-state index in [1.807, 2.05) is 0 Å². The standard InChI is InChI=1S/C23H15FN2O4/c24-19-8-4-3-7-17(19)21-18-10-9-14(13-20(18)30-25-21)29-12-11-26-22(27)15-5-1-2-6-16(15)23(26)28/h1-10,13H,11-12H2. The lowest BCUT2D eigenvalue weighted by Crippen LogP contribution is -2.33. The predicted molar refractivity (Wildman–Crippen MR) is 107 cm³/mol. The minimum absolute atomic E-state index is 0.126. The normalized spacial score (nSPS) is 13.2. The molecule has 2 heterocycles. The van der Waals surface area contributed by atoms with Crippen LogP contribution in [0.5, 0.6) is 5.75 Å². The highest BCUT2D eigenvalue weighted by molar-refractivity contribution is 6.21. The van der Waals surface area contributed by atoms with E-state index in [0.29, 0.717) is 39.1 Å². The van der Waals surface area contributed by atoms with E-state index in [2.05, 4.69) is 5.16 Å². The molecule has 0 bridgehead atoms. The van der Waals surface area contributed by atoms with Gasteiger partial charge in [-0.3, -0.25) is 14.5 Å². The van der Waals surface area contributed by atoms with Crippen LogP contribution in [0.15, 0.2) is 71.3 Å². The van der Waals surface area contributed by atoms with E-state index in [1.54, 1.807) is 60.7 Å². The molecule has 5 rings (SSSR count). The molecule has 0 spiro atoms. The van der Waals surface area contributed by atoms with Crippen molar-refractivity contribution in [1.82, 2.24) is 10.1 Å². The fraction of sp³-hybridized carbons (Fsp3) is 0.0870. The number of aromatic nitrogens is 1. The van der Waals surface area contributed by atoms with Crippen molar-refractivity contribution in [3.8, 4) is 17.0 Å². The molecule has 0 unspecified atom stereocenters. The van der Waals surface area contributed by atoms with Gasteiger partial charge in [-0.1, -0.05) is 29.4 Å². The van der Waals surface area contributed by atoms with Gasteiger partial charge in [-0.25, -0.2) is 4.39 Å². The summed E-state index contributed by atoms with van der Waals surface area (Å²) in [4.78, 5) is 25.9. The van der Waals surface area contributed by atoms with E-state index >= 15 is 0 Å². The lowest BCUT2D eigenvalue weighted by molar-refractivity contribution is 0.0631. The number of carbonyl (C=O) groups is 2. The largest absolute Gasteiger partial charge is 0.492 e. The highest BCUT2D eigenvalue weighted by atomic mass is 19.1. The number of imide groups is 1. The van der Waals surface area contributed by atoms with Gasteiger partial charge in [0, 0.05) is 11.6 Å². The quantitative estimate of drug-likeness (QED) is 0.465. The Morgan fingerprint density at radius 3 is 2.27 bits per heavy atom.